The summed E-state index contributed by atoms with van der Waals surface area (Å²) in [5, 5.41) is 9.81. The summed E-state index contributed by atoms with van der Waals surface area (Å²) < 4.78 is 39.0. The van der Waals surface area contributed by atoms with Gasteiger partial charge in [-0.15, -0.1) is 0 Å². The van der Waals surface area contributed by atoms with Gasteiger partial charge in [0.1, 0.15) is 0 Å². The molecule has 0 aromatic heterocycles. The molecule has 1 N–H and O–H groups in total. The first kappa shape index (κ1) is 17.5. The van der Waals surface area contributed by atoms with Gasteiger partial charge in [0.15, 0.2) is 5.60 Å². The predicted molar refractivity (Wildman–Crippen MR) is 83.7 cm³/mol. The van der Waals surface area contributed by atoms with E-state index >= 15 is 0 Å². The van der Waals surface area contributed by atoms with E-state index < -0.39 is 18.3 Å². The molecule has 0 saturated carbocycles. The number of nitrogens with zero attached hydrogens (tertiary/aromatic N) is 1. The summed E-state index contributed by atoms with van der Waals surface area (Å²) in [6.45, 7) is 1.00. The summed E-state index contributed by atoms with van der Waals surface area (Å²) in [5.41, 5.74) is -0.945. The lowest BCUT2D eigenvalue weighted by atomic mass is 10.0. The van der Waals surface area contributed by atoms with E-state index in [1.807, 2.05) is 60.7 Å². The fourth-order valence-electron chi connectivity index (χ4n) is 2.38. The van der Waals surface area contributed by atoms with Crippen LogP contribution in [0.3, 0.4) is 0 Å². The van der Waals surface area contributed by atoms with Crippen LogP contribution in [0.2, 0.25) is 0 Å². The predicted octanol–water partition coefficient (Wildman–Crippen LogP) is 4.00. The SMILES string of the molecule is C[C@](O)(CN(Cc1ccccc1)Cc1ccccc1)C(F)(F)F. The van der Waals surface area contributed by atoms with Crippen molar-refractivity contribution in [3.8, 4) is 0 Å². The fourth-order valence-corrected chi connectivity index (χ4v) is 2.38. The van der Waals surface area contributed by atoms with Gasteiger partial charge in [-0.3, -0.25) is 4.90 Å². The highest BCUT2D eigenvalue weighted by Gasteiger charge is 2.50. The zero-order valence-electron chi connectivity index (χ0n) is 12.9. The van der Waals surface area contributed by atoms with E-state index in [1.54, 1.807) is 4.90 Å². The molecule has 2 aromatic carbocycles. The number of halogens is 3. The molecule has 0 fully saturated rings. The number of hydrogen-bond donors (Lipinski definition) is 1. The normalized spacial score (nSPS) is 14.7. The van der Waals surface area contributed by atoms with E-state index in [0.29, 0.717) is 13.1 Å². The quantitative estimate of drug-likeness (QED) is 0.868. The molecule has 0 aliphatic heterocycles. The first-order chi connectivity index (χ1) is 10.8. The van der Waals surface area contributed by atoms with Gasteiger partial charge in [0.2, 0.25) is 0 Å². The van der Waals surface area contributed by atoms with Crippen LogP contribution >= 0.6 is 0 Å². The van der Waals surface area contributed by atoms with Crippen LogP contribution in [0.4, 0.5) is 13.2 Å². The van der Waals surface area contributed by atoms with E-state index in [4.69, 9.17) is 0 Å². The summed E-state index contributed by atoms with van der Waals surface area (Å²) >= 11 is 0. The first-order valence-electron chi connectivity index (χ1n) is 7.37. The number of rotatable bonds is 6. The third kappa shape index (κ3) is 5.08. The molecule has 0 saturated heterocycles. The van der Waals surface area contributed by atoms with Gasteiger partial charge in [0.05, 0.1) is 0 Å². The summed E-state index contributed by atoms with van der Waals surface area (Å²) in [4.78, 5) is 1.61. The Labute approximate surface area is 134 Å². The van der Waals surface area contributed by atoms with Gasteiger partial charge in [0.25, 0.3) is 0 Å². The Kier molecular flexibility index (Phi) is 5.44. The highest BCUT2D eigenvalue weighted by atomic mass is 19.4. The molecule has 0 radical (unpaired) electrons. The number of benzene rings is 2. The Morgan fingerprint density at radius 2 is 1.22 bits per heavy atom. The molecule has 0 aliphatic carbocycles. The van der Waals surface area contributed by atoms with Crippen LogP contribution in [0.25, 0.3) is 0 Å². The molecular weight excluding hydrogens is 303 g/mol. The van der Waals surface area contributed by atoms with E-state index in [9.17, 15) is 18.3 Å². The number of aliphatic hydroxyl groups is 1. The molecule has 0 bridgehead atoms. The second kappa shape index (κ2) is 7.15. The third-order valence-corrected chi connectivity index (χ3v) is 3.64. The average Bonchev–Trinajstić information content (AvgIpc) is 2.47. The lowest BCUT2D eigenvalue weighted by molar-refractivity contribution is -0.258. The van der Waals surface area contributed by atoms with E-state index in [0.717, 1.165) is 18.1 Å². The van der Waals surface area contributed by atoms with E-state index in [1.165, 1.54) is 0 Å². The van der Waals surface area contributed by atoms with Crippen LogP contribution in [0.15, 0.2) is 60.7 Å². The van der Waals surface area contributed by atoms with Crippen molar-refractivity contribution in [3.63, 3.8) is 0 Å². The van der Waals surface area contributed by atoms with Crippen molar-refractivity contribution < 1.29 is 18.3 Å². The molecule has 2 rings (SSSR count). The van der Waals surface area contributed by atoms with Gasteiger partial charge < -0.3 is 5.11 Å². The van der Waals surface area contributed by atoms with Gasteiger partial charge in [-0.2, -0.15) is 13.2 Å². The zero-order valence-corrected chi connectivity index (χ0v) is 12.9. The Morgan fingerprint density at radius 1 is 0.826 bits per heavy atom. The first-order valence-corrected chi connectivity index (χ1v) is 7.37. The van der Waals surface area contributed by atoms with Crippen molar-refractivity contribution in [1.29, 1.82) is 0 Å². The second-order valence-electron chi connectivity index (χ2n) is 5.89. The van der Waals surface area contributed by atoms with Crippen molar-refractivity contribution in [2.24, 2.45) is 0 Å². The van der Waals surface area contributed by atoms with Crippen molar-refractivity contribution in [3.05, 3.63) is 71.8 Å². The standard InChI is InChI=1S/C18H20F3NO/c1-17(23,18(19,20)21)14-22(12-15-8-4-2-5-9-15)13-16-10-6-3-7-11-16/h2-11,23H,12-14H2,1H3/t17-/m0/s1. The van der Waals surface area contributed by atoms with Gasteiger partial charge in [-0.05, 0) is 18.1 Å². The molecule has 23 heavy (non-hydrogen) atoms. The number of hydrogen-bond acceptors (Lipinski definition) is 2. The molecule has 2 nitrogen and oxygen atoms in total. The Bertz CT molecular complexity index is 555. The van der Waals surface area contributed by atoms with Crippen LogP contribution < -0.4 is 0 Å². The maximum absolute atomic E-state index is 13.0. The van der Waals surface area contributed by atoms with Crippen molar-refractivity contribution in [2.75, 3.05) is 6.54 Å². The highest BCUT2D eigenvalue weighted by molar-refractivity contribution is 5.17. The van der Waals surface area contributed by atoms with Crippen LogP contribution in [-0.4, -0.2) is 28.3 Å². The monoisotopic (exact) mass is 323 g/mol. The summed E-state index contributed by atoms with van der Waals surface area (Å²) in [6.07, 6.45) is -4.67. The minimum atomic E-state index is -4.67. The fraction of sp³-hybridized carbons (Fsp3) is 0.333. The third-order valence-electron chi connectivity index (χ3n) is 3.64. The maximum atomic E-state index is 13.0. The van der Waals surface area contributed by atoms with Crippen LogP contribution in [0, 0.1) is 0 Å². The van der Waals surface area contributed by atoms with Crippen LogP contribution in [-0.2, 0) is 13.1 Å². The van der Waals surface area contributed by atoms with Crippen LogP contribution in [0.5, 0.6) is 0 Å². The van der Waals surface area contributed by atoms with Crippen molar-refractivity contribution in [2.45, 2.75) is 31.8 Å². The van der Waals surface area contributed by atoms with Crippen LogP contribution in [0.1, 0.15) is 18.1 Å². The van der Waals surface area contributed by atoms with Gasteiger partial charge >= 0.3 is 6.18 Å². The van der Waals surface area contributed by atoms with Gasteiger partial charge in [-0.25, -0.2) is 0 Å². The average molecular weight is 323 g/mol. The maximum Gasteiger partial charge on any atom is 0.418 e. The molecule has 124 valence electrons. The topological polar surface area (TPSA) is 23.5 Å². The number of alkyl halides is 3. The van der Waals surface area contributed by atoms with Crippen molar-refractivity contribution in [1.82, 2.24) is 4.90 Å². The Hall–Kier alpha value is -1.85. The lowest BCUT2D eigenvalue weighted by Gasteiger charge is -2.33. The summed E-state index contributed by atoms with van der Waals surface area (Å²) in [7, 11) is 0. The Balaban J connectivity index is 2.17. The van der Waals surface area contributed by atoms with E-state index in [2.05, 4.69) is 0 Å². The molecule has 2 aromatic rings. The van der Waals surface area contributed by atoms with E-state index in [-0.39, 0.29) is 0 Å². The zero-order chi connectivity index (χ0) is 16.9. The molecule has 0 amide bonds. The highest BCUT2D eigenvalue weighted by Crippen LogP contribution is 2.31. The lowest BCUT2D eigenvalue weighted by Crippen LogP contribution is -2.50. The molecular formula is C18H20F3NO. The molecule has 1 atom stereocenters. The van der Waals surface area contributed by atoms with Gasteiger partial charge in [0, 0.05) is 19.6 Å². The molecule has 5 heteroatoms. The van der Waals surface area contributed by atoms with Crippen molar-refractivity contribution >= 4 is 0 Å². The smallest absolute Gasteiger partial charge is 0.380 e. The summed E-state index contributed by atoms with van der Waals surface area (Å²) in [6, 6.07) is 18.5. The van der Waals surface area contributed by atoms with Gasteiger partial charge in [-0.1, -0.05) is 60.7 Å². The minimum Gasteiger partial charge on any atom is -0.380 e. The Morgan fingerprint density at radius 3 is 1.57 bits per heavy atom. The summed E-state index contributed by atoms with van der Waals surface area (Å²) in [5.74, 6) is 0. The minimum absolute atomic E-state index is 0.335. The molecule has 0 unspecified atom stereocenters. The molecule has 0 heterocycles. The second-order valence-corrected chi connectivity index (χ2v) is 5.89. The largest absolute Gasteiger partial charge is 0.418 e. The molecule has 0 spiro atoms. The molecule has 0 aliphatic rings.